The van der Waals surface area contributed by atoms with Crippen LogP contribution < -0.4 is 10.6 Å². The van der Waals surface area contributed by atoms with Gasteiger partial charge in [0, 0.05) is 30.3 Å². The molecule has 7 nitrogen and oxygen atoms in total. The van der Waals surface area contributed by atoms with Gasteiger partial charge in [0.2, 0.25) is 0 Å². The fourth-order valence-corrected chi connectivity index (χ4v) is 4.03. The first kappa shape index (κ1) is 23.2. The number of hydrogen-bond donors (Lipinski definition) is 2. The zero-order valence-electron chi connectivity index (χ0n) is 17.9. The van der Waals surface area contributed by atoms with Crippen LogP contribution >= 0.6 is 11.6 Å². The first-order chi connectivity index (χ1) is 14.9. The molecule has 1 saturated carbocycles. The molecule has 0 spiro atoms. The van der Waals surface area contributed by atoms with Crippen molar-refractivity contribution in [2.45, 2.75) is 50.6 Å². The summed E-state index contributed by atoms with van der Waals surface area (Å²) >= 11 is 5.84. The molecule has 31 heavy (non-hydrogen) atoms. The van der Waals surface area contributed by atoms with Crippen LogP contribution in [0.25, 0.3) is 0 Å². The molecule has 9 heteroatoms. The van der Waals surface area contributed by atoms with Crippen LogP contribution in [0.3, 0.4) is 0 Å². The van der Waals surface area contributed by atoms with Gasteiger partial charge in [-0.15, -0.1) is 0 Å². The third-order valence-electron chi connectivity index (χ3n) is 5.65. The number of esters is 1. The first-order valence-electron chi connectivity index (χ1n) is 10.5. The topological polar surface area (TPSA) is 79.4 Å². The molecular weight excluding hydrogens is 421 g/mol. The minimum absolute atomic E-state index is 0.0597. The van der Waals surface area contributed by atoms with E-state index in [0.29, 0.717) is 30.0 Å². The number of aromatic nitrogens is 2. The quantitative estimate of drug-likeness (QED) is 0.540. The summed E-state index contributed by atoms with van der Waals surface area (Å²) in [5.74, 6) is 0.754. The molecule has 1 heterocycles. The highest BCUT2D eigenvalue weighted by molar-refractivity contribution is 6.31. The van der Waals surface area contributed by atoms with Gasteiger partial charge < -0.3 is 20.3 Å². The van der Waals surface area contributed by atoms with Crippen LogP contribution in [0, 0.1) is 5.82 Å². The number of rotatable bonds is 9. The Balaban J connectivity index is 1.46. The van der Waals surface area contributed by atoms with E-state index in [0.717, 1.165) is 44.5 Å². The Bertz CT molecular complexity index is 877. The summed E-state index contributed by atoms with van der Waals surface area (Å²) in [7, 11) is 3.55. The van der Waals surface area contributed by atoms with E-state index < -0.39 is 5.82 Å². The van der Waals surface area contributed by atoms with E-state index in [-0.39, 0.29) is 11.0 Å². The Labute approximate surface area is 187 Å². The zero-order chi connectivity index (χ0) is 22.2. The molecular formula is C22H29ClFN5O2. The summed E-state index contributed by atoms with van der Waals surface area (Å²) in [5.41, 5.74) is 0.659. The van der Waals surface area contributed by atoms with E-state index in [1.807, 2.05) is 6.07 Å². The maximum atomic E-state index is 13.3. The molecule has 0 unspecified atom stereocenters. The average Bonchev–Trinajstić information content (AvgIpc) is 2.77. The second-order valence-corrected chi connectivity index (χ2v) is 8.26. The predicted octanol–water partition coefficient (Wildman–Crippen LogP) is 4.62. The molecule has 2 N–H and O–H groups in total. The van der Waals surface area contributed by atoms with Gasteiger partial charge in [-0.2, -0.15) is 0 Å². The molecule has 1 aliphatic rings. The maximum absolute atomic E-state index is 13.3. The molecule has 0 amide bonds. The largest absolute Gasteiger partial charge is 0.469 e. The lowest BCUT2D eigenvalue weighted by atomic mass is 9.90. The van der Waals surface area contributed by atoms with E-state index >= 15 is 0 Å². The van der Waals surface area contributed by atoms with E-state index in [1.165, 1.54) is 25.6 Å². The predicted molar refractivity (Wildman–Crippen MR) is 120 cm³/mol. The molecule has 1 aromatic heterocycles. The lowest BCUT2D eigenvalue weighted by Crippen LogP contribution is -2.39. The minimum Gasteiger partial charge on any atom is -0.469 e. The van der Waals surface area contributed by atoms with Crippen molar-refractivity contribution in [2.75, 3.05) is 31.3 Å². The number of benzene rings is 1. The Morgan fingerprint density at radius 2 is 1.97 bits per heavy atom. The molecule has 0 bridgehead atoms. The monoisotopic (exact) mass is 449 g/mol. The van der Waals surface area contributed by atoms with Gasteiger partial charge in [0.1, 0.15) is 23.8 Å². The Hall–Kier alpha value is -2.45. The van der Waals surface area contributed by atoms with E-state index in [9.17, 15) is 9.18 Å². The zero-order valence-corrected chi connectivity index (χ0v) is 18.7. The van der Waals surface area contributed by atoms with Gasteiger partial charge in [-0.3, -0.25) is 4.79 Å². The van der Waals surface area contributed by atoms with Crippen molar-refractivity contribution in [2.24, 2.45) is 0 Å². The fourth-order valence-electron chi connectivity index (χ4n) is 3.85. The van der Waals surface area contributed by atoms with Crippen LogP contribution in [0.4, 0.5) is 21.7 Å². The van der Waals surface area contributed by atoms with Gasteiger partial charge in [0.05, 0.1) is 12.1 Å². The van der Waals surface area contributed by atoms with Crippen molar-refractivity contribution in [1.29, 1.82) is 0 Å². The smallest absolute Gasteiger partial charge is 0.305 e. The number of halogens is 2. The van der Waals surface area contributed by atoms with Crippen LogP contribution in [0.2, 0.25) is 5.02 Å². The van der Waals surface area contributed by atoms with Crippen LogP contribution in [-0.2, 0) is 9.53 Å². The average molecular weight is 450 g/mol. The van der Waals surface area contributed by atoms with Gasteiger partial charge in [-0.1, -0.05) is 11.6 Å². The van der Waals surface area contributed by atoms with E-state index in [1.54, 1.807) is 6.07 Å². The molecule has 1 fully saturated rings. The summed E-state index contributed by atoms with van der Waals surface area (Å²) in [6.45, 7) is 0.895. The van der Waals surface area contributed by atoms with Crippen LogP contribution in [0.1, 0.15) is 38.5 Å². The number of carbonyl (C=O) groups is 1. The van der Waals surface area contributed by atoms with Crippen LogP contribution in [0.15, 0.2) is 30.6 Å². The molecule has 1 aromatic carbocycles. The van der Waals surface area contributed by atoms with E-state index in [2.05, 4.69) is 32.5 Å². The lowest BCUT2D eigenvalue weighted by molar-refractivity contribution is -0.140. The van der Waals surface area contributed by atoms with Gasteiger partial charge in [0.25, 0.3) is 0 Å². The van der Waals surface area contributed by atoms with E-state index in [4.69, 9.17) is 16.3 Å². The van der Waals surface area contributed by atoms with Gasteiger partial charge in [0.15, 0.2) is 0 Å². The third-order valence-corrected chi connectivity index (χ3v) is 5.94. The van der Waals surface area contributed by atoms with Gasteiger partial charge >= 0.3 is 5.97 Å². The Morgan fingerprint density at radius 3 is 2.68 bits per heavy atom. The number of ether oxygens (including phenoxy) is 1. The van der Waals surface area contributed by atoms with Crippen molar-refractivity contribution < 1.29 is 13.9 Å². The molecule has 3 rings (SSSR count). The van der Waals surface area contributed by atoms with Gasteiger partial charge in [-0.25, -0.2) is 14.4 Å². The summed E-state index contributed by atoms with van der Waals surface area (Å²) in [5, 5.41) is 6.68. The normalized spacial score (nSPS) is 18.6. The van der Waals surface area contributed by atoms with Crippen LogP contribution in [0.5, 0.6) is 0 Å². The number of nitrogens with zero attached hydrogens (tertiary/aromatic N) is 3. The molecule has 2 aromatic rings. The molecule has 0 saturated heterocycles. The molecule has 168 valence electrons. The summed E-state index contributed by atoms with van der Waals surface area (Å²) in [4.78, 5) is 22.2. The molecule has 0 radical (unpaired) electrons. The summed E-state index contributed by atoms with van der Waals surface area (Å²) in [6, 6.07) is 7.16. The number of nitrogens with one attached hydrogen (secondary N) is 2. The number of methoxy groups -OCH3 is 1. The second kappa shape index (κ2) is 11.2. The number of anilines is 3. The first-order valence-corrected chi connectivity index (χ1v) is 10.9. The Morgan fingerprint density at radius 1 is 1.23 bits per heavy atom. The summed E-state index contributed by atoms with van der Waals surface area (Å²) < 4.78 is 18.0. The third kappa shape index (κ3) is 7.04. The van der Waals surface area contributed by atoms with Crippen molar-refractivity contribution in [3.05, 3.63) is 41.4 Å². The Kier molecular flexibility index (Phi) is 8.43. The molecule has 1 aliphatic carbocycles. The number of carbonyl (C=O) groups excluding carboxylic acids is 1. The van der Waals surface area contributed by atoms with Crippen LogP contribution in [-0.4, -0.2) is 53.6 Å². The van der Waals surface area contributed by atoms with Gasteiger partial charge in [-0.05, 0) is 63.9 Å². The number of hydrogen-bond acceptors (Lipinski definition) is 7. The highest BCUT2D eigenvalue weighted by Gasteiger charge is 2.24. The van der Waals surface area contributed by atoms with Crippen molar-refractivity contribution in [3.63, 3.8) is 0 Å². The summed E-state index contributed by atoms with van der Waals surface area (Å²) in [6.07, 6.45) is 7.06. The van der Waals surface area contributed by atoms with Crippen molar-refractivity contribution >= 4 is 34.9 Å². The second-order valence-electron chi connectivity index (χ2n) is 7.85. The maximum Gasteiger partial charge on any atom is 0.305 e. The lowest BCUT2D eigenvalue weighted by Gasteiger charge is -2.35. The minimum atomic E-state index is -0.457. The fraction of sp³-hybridized carbons (Fsp3) is 0.500. The van der Waals surface area contributed by atoms with Crippen molar-refractivity contribution in [1.82, 2.24) is 14.9 Å². The highest BCUT2D eigenvalue weighted by Crippen LogP contribution is 2.26. The molecule has 0 aliphatic heterocycles. The highest BCUT2D eigenvalue weighted by atomic mass is 35.5. The van der Waals surface area contributed by atoms with Crippen molar-refractivity contribution in [3.8, 4) is 0 Å². The standard InChI is InChI=1S/C22H29ClFN5O2/c1-29(11-3-4-22(30)31-2)17-8-5-15(6-9-17)27-20-13-21(26-14-25-20)28-16-7-10-19(24)18(23)12-16/h7,10,12-15,17H,3-6,8-9,11H2,1-2H3,(H2,25,26,27,28)/t15-,17-. The SMILES string of the molecule is COC(=O)CCCN(C)[C@H]1CC[C@H](Nc2cc(Nc3ccc(F)c(Cl)c3)ncn2)CC1. The molecule has 0 atom stereocenters.